The fourth-order valence-corrected chi connectivity index (χ4v) is 8.52. The van der Waals surface area contributed by atoms with Crippen molar-refractivity contribution in [3.05, 3.63) is 77.4 Å². The molecule has 0 saturated heterocycles. The van der Waals surface area contributed by atoms with Gasteiger partial charge in [-0.05, 0) is 84.6 Å². The lowest BCUT2D eigenvalue weighted by atomic mass is 9.43. The summed E-state index contributed by atoms with van der Waals surface area (Å²) in [7, 11) is 0. The Labute approximate surface area is 198 Å². The molecule has 7 rings (SSSR count). The Morgan fingerprint density at radius 2 is 1.67 bits per heavy atom. The Bertz CT molecular complexity index is 1180. The highest BCUT2D eigenvalue weighted by Crippen LogP contribution is 2.66. The van der Waals surface area contributed by atoms with Crippen LogP contribution in [0, 0.1) is 23.7 Å². The minimum absolute atomic E-state index is 0.285. The van der Waals surface area contributed by atoms with E-state index in [0.29, 0.717) is 17.4 Å². The standard InChI is InChI=1S/C31H37NO/c1-22-7-6-8-23(13-22)18-33-28-12-11-25-9-4-5-10-26(25)27(28)17-32-31-16-24-14-29(2,20-31)19-30(3,15-24)21-31/h4-13,24,32H,14-21H2,1-3H3/t24?,29-,30+,31?. The molecule has 4 fully saturated rings. The van der Waals surface area contributed by atoms with Gasteiger partial charge in [0.1, 0.15) is 12.4 Å². The highest BCUT2D eigenvalue weighted by atomic mass is 16.5. The summed E-state index contributed by atoms with van der Waals surface area (Å²) in [5.41, 5.74) is 5.14. The van der Waals surface area contributed by atoms with E-state index in [9.17, 15) is 0 Å². The second-order valence-corrected chi connectivity index (χ2v) is 12.3. The first-order chi connectivity index (χ1) is 15.8. The quantitative estimate of drug-likeness (QED) is 0.428. The number of nitrogens with one attached hydrogen (secondary N) is 1. The number of ether oxygens (including phenoxy) is 1. The number of hydrogen-bond acceptors (Lipinski definition) is 2. The molecule has 4 aliphatic rings. The van der Waals surface area contributed by atoms with Gasteiger partial charge in [-0.3, -0.25) is 0 Å². The van der Waals surface area contributed by atoms with Crippen molar-refractivity contribution >= 4 is 10.8 Å². The SMILES string of the molecule is Cc1cccc(COc2ccc3ccccc3c2CNC23CC4C[C@@](C)(C2)C[C@](C)(C4)C3)c1. The van der Waals surface area contributed by atoms with Crippen molar-refractivity contribution in [2.24, 2.45) is 16.7 Å². The van der Waals surface area contributed by atoms with E-state index in [1.807, 2.05) is 0 Å². The number of benzene rings is 3. The van der Waals surface area contributed by atoms with Crippen molar-refractivity contribution in [1.29, 1.82) is 0 Å². The minimum Gasteiger partial charge on any atom is -0.489 e. The van der Waals surface area contributed by atoms with Crippen molar-refractivity contribution in [3.8, 4) is 5.75 Å². The molecule has 0 radical (unpaired) electrons. The Hall–Kier alpha value is -2.32. The molecule has 2 nitrogen and oxygen atoms in total. The van der Waals surface area contributed by atoms with E-state index in [1.54, 1.807) is 0 Å². The zero-order valence-corrected chi connectivity index (χ0v) is 20.4. The first-order valence-electron chi connectivity index (χ1n) is 12.8. The molecule has 0 amide bonds. The van der Waals surface area contributed by atoms with Gasteiger partial charge in [-0.15, -0.1) is 0 Å². The van der Waals surface area contributed by atoms with E-state index in [0.717, 1.165) is 18.2 Å². The summed E-state index contributed by atoms with van der Waals surface area (Å²) in [4.78, 5) is 0. The van der Waals surface area contributed by atoms with Gasteiger partial charge in [0.15, 0.2) is 0 Å². The molecule has 3 aromatic carbocycles. The van der Waals surface area contributed by atoms with E-state index in [1.165, 1.54) is 66.0 Å². The fourth-order valence-electron chi connectivity index (χ4n) is 8.52. The number of aryl methyl sites for hydroxylation is 1. The van der Waals surface area contributed by atoms with Crippen LogP contribution in [0.15, 0.2) is 60.7 Å². The number of fused-ring (bicyclic) bond motifs is 1. The summed E-state index contributed by atoms with van der Waals surface area (Å²) in [5.74, 6) is 1.91. The molecule has 0 aromatic heterocycles. The van der Waals surface area contributed by atoms with E-state index in [-0.39, 0.29) is 5.54 Å². The largest absolute Gasteiger partial charge is 0.489 e. The lowest BCUT2D eigenvalue weighted by molar-refractivity contribution is -0.118. The third-order valence-corrected chi connectivity index (χ3v) is 8.74. The van der Waals surface area contributed by atoms with Crippen LogP contribution in [-0.2, 0) is 13.2 Å². The molecule has 4 saturated carbocycles. The number of rotatable bonds is 6. The van der Waals surface area contributed by atoms with Crippen molar-refractivity contribution in [1.82, 2.24) is 5.32 Å². The third kappa shape index (κ3) is 3.97. The minimum atomic E-state index is 0.285. The summed E-state index contributed by atoms with van der Waals surface area (Å²) in [6, 6.07) is 21.8. The van der Waals surface area contributed by atoms with Gasteiger partial charge < -0.3 is 10.1 Å². The first kappa shape index (κ1) is 21.2. The molecule has 4 atom stereocenters. The summed E-state index contributed by atoms with van der Waals surface area (Å²) in [6.07, 6.45) is 8.30. The van der Waals surface area contributed by atoms with Gasteiger partial charge in [-0.2, -0.15) is 0 Å². The van der Waals surface area contributed by atoms with E-state index in [2.05, 4.69) is 86.8 Å². The van der Waals surface area contributed by atoms with Crippen LogP contribution in [0.2, 0.25) is 0 Å². The number of hydrogen-bond donors (Lipinski definition) is 1. The zero-order chi connectivity index (χ0) is 22.7. The maximum atomic E-state index is 6.46. The van der Waals surface area contributed by atoms with Gasteiger partial charge in [0.05, 0.1) is 0 Å². The highest BCUT2D eigenvalue weighted by molar-refractivity contribution is 5.87. The Morgan fingerprint density at radius 1 is 0.879 bits per heavy atom. The summed E-state index contributed by atoms with van der Waals surface area (Å²) in [6.45, 7) is 8.74. The van der Waals surface area contributed by atoms with Gasteiger partial charge in [0, 0.05) is 17.6 Å². The van der Waals surface area contributed by atoms with Crippen LogP contribution in [0.3, 0.4) is 0 Å². The van der Waals surface area contributed by atoms with Crippen LogP contribution in [0.4, 0.5) is 0 Å². The Balaban J connectivity index is 1.29. The predicted molar refractivity (Wildman–Crippen MR) is 136 cm³/mol. The highest BCUT2D eigenvalue weighted by Gasteiger charge is 2.59. The van der Waals surface area contributed by atoms with Gasteiger partial charge in [-0.25, -0.2) is 0 Å². The zero-order valence-electron chi connectivity index (χ0n) is 20.4. The molecule has 4 aliphatic carbocycles. The molecule has 2 unspecified atom stereocenters. The van der Waals surface area contributed by atoms with Gasteiger partial charge in [-0.1, -0.05) is 74.0 Å². The van der Waals surface area contributed by atoms with Crippen LogP contribution >= 0.6 is 0 Å². The van der Waals surface area contributed by atoms with Gasteiger partial charge in [0.25, 0.3) is 0 Å². The third-order valence-electron chi connectivity index (χ3n) is 8.74. The maximum Gasteiger partial charge on any atom is 0.124 e. The monoisotopic (exact) mass is 439 g/mol. The summed E-state index contributed by atoms with van der Waals surface area (Å²) < 4.78 is 6.46. The molecule has 4 bridgehead atoms. The van der Waals surface area contributed by atoms with Crippen molar-refractivity contribution in [3.63, 3.8) is 0 Å². The average molecular weight is 440 g/mol. The van der Waals surface area contributed by atoms with Crippen molar-refractivity contribution in [2.45, 2.75) is 78.0 Å². The Morgan fingerprint density at radius 3 is 2.42 bits per heavy atom. The summed E-state index contributed by atoms with van der Waals surface area (Å²) >= 11 is 0. The first-order valence-corrected chi connectivity index (χ1v) is 12.8. The van der Waals surface area contributed by atoms with Crippen LogP contribution in [0.25, 0.3) is 10.8 Å². The van der Waals surface area contributed by atoms with Crippen LogP contribution in [0.1, 0.15) is 69.1 Å². The fraction of sp³-hybridized carbons (Fsp3) is 0.484. The van der Waals surface area contributed by atoms with Crippen molar-refractivity contribution in [2.75, 3.05) is 0 Å². The molecule has 0 spiro atoms. The topological polar surface area (TPSA) is 21.3 Å². The molecular formula is C31H37NO. The van der Waals surface area contributed by atoms with E-state index < -0.39 is 0 Å². The Kier molecular flexibility index (Phi) is 4.89. The predicted octanol–water partition coefficient (Wildman–Crippen LogP) is 7.57. The smallest absolute Gasteiger partial charge is 0.124 e. The van der Waals surface area contributed by atoms with Gasteiger partial charge >= 0.3 is 0 Å². The lowest BCUT2D eigenvalue weighted by Crippen LogP contribution is -2.63. The molecule has 3 aromatic rings. The summed E-state index contributed by atoms with van der Waals surface area (Å²) in [5, 5.41) is 6.76. The van der Waals surface area contributed by atoms with E-state index >= 15 is 0 Å². The maximum absolute atomic E-state index is 6.46. The van der Waals surface area contributed by atoms with Crippen molar-refractivity contribution < 1.29 is 4.74 Å². The van der Waals surface area contributed by atoms with Gasteiger partial charge in [0.2, 0.25) is 0 Å². The second-order valence-electron chi connectivity index (χ2n) is 12.3. The molecule has 0 aliphatic heterocycles. The van der Waals surface area contributed by atoms with Crippen LogP contribution < -0.4 is 10.1 Å². The van der Waals surface area contributed by atoms with Crippen LogP contribution in [-0.4, -0.2) is 5.54 Å². The normalized spacial score (nSPS) is 32.4. The molecular weight excluding hydrogens is 402 g/mol. The molecule has 2 heteroatoms. The lowest BCUT2D eigenvalue weighted by Gasteiger charge is -2.65. The van der Waals surface area contributed by atoms with Crippen LogP contribution in [0.5, 0.6) is 5.75 Å². The molecule has 172 valence electrons. The molecule has 33 heavy (non-hydrogen) atoms. The van der Waals surface area contributed by atoms with E-state index in [4.69, 9.17) is 4.74 Å². The molecule has 1 N–H and O–H groups in total. The second kappa shape index (κ2) is 7.60. The average Bonchev–Trinajstić information content (AvgIpc) is 2.74. The molecule has 0 heterocycles.